The normalized spacial score (nSPS) is 15.4. The number of para-hydroxylation sites is 1. The summed E-state index contributed by atoms with van der Waals surface area (Å²) < 4.78 is 7.18. The molecule has 1 aromatic carbocycles. The molecule has 6 nitrogen and oxygen atoms in total. The maximum Gasteiger partial charge on any atom is 0.283 e. The van der Waals surface area contributed by atoms with Gasteiger partial charge in [-0.25, -0.2) is 0 Å². The molecule has 0 bridgehead atoms. The fraction of sp³-hybridized carbons (Fsp3) is 0.450. The lowest BCUT2D eigenvalue weighted by atomic mass is 9.89. The largest absolute Gasteiger partial charge is 0.425 e. The Balaban J connectivity index is 1.34. The third-order valence-corrected chi connectivity index (χ3v) is 4.95. The first-order chi connectivity index (χ1) is 12.8. The van der Waals surface area contributed by atoms with E-state index in [0.29, 0.717) is 31.3 Å². The molecule has 0 N–H and O–H groups in total. The molecule has 0 amide bonds. The van der Waals surface area contributed by atoms with Crippen molar-refractivity contribution in [1.82, 2.24) is 14.9 Å². The Morgan fingerprint density at radius 3 is 2.81 bits per heavy atom. The first-order valence-corrected chi connectivity index (χ1v) is 9.37. The van der Waals surface area contributed by atoms with E-state index in [1.165, 1.54) is 30.1 Å². The van der Waals surface area contributed by atoms with E-state index in [4.69, 9.17) is 9.25 Å². The summed E-state index contributed by atoms with van der Waals surface area (Å²) in [5.41, 5.74) is 0.610. The Labute approximate surface area is 151 Å². The van der Waals surface area contributed by atoms with Crippen LogP contribution in [0.15, 0.2) is 45.6 Å². The van der Waals surface area contributed by atoms with E-state index in [9.17, 15) is 4.79 Å². The molecule has 3 aromatic rings. The van der Waals surface area contributed by atoms with Crippen LogP contribution in [0.2, 0.25) is 0 Å². The average Bonchev–Trinajstić information content (AvgIpc) is 3.16. The summed E-state index contributed by atoms with van der Waals surface area (Å²) in [6.45, 7) is 0.412. The predicted molar refractivity (Wildman–Crippen MR) is 98.1 cm³/mol. The van der Waals surface area contributed by atoms with Crippen LogP contribution in [0.25, 0.3) is 10.9 Å². The van der Waals surface area contributed by atoms with Gasteiger partial charge in [-0.3, -0.25) is 4.79 Å². The van der Waals surface area contributed by atoms with Crippen molar-refractivity contribution < 1.29 is 9.25 Å². The maximum absolute atomic E-state index is 12.1. The molecule has 136 valence electrons. The number of aryl methyl sites for hydroxylation is 1. The van der Waals surface area contributed by atoms with Gasteiger partial charge in [0.1, 0.15) is 6.61 Å². The number of nitrogens with zero attached hydrogens (tertiary/aromatic N) is 3. The van der Waals surface area contributed by atoms with Gasteiger partial charge >= 0.3 is 0 Å². The number of hydrogen-bond donors (Lipinski definition) is 0. The van der Waals surface area contributed by atoms with Crippen molar-refractivity contribution in [1.29, 1.82) is 0 Å². The van der Waals surface area contributed by atoms with Crippen molar-refractivity contribution in [3.05, 3.63) is 58.5 Å². The highest BCUT2D eigenvalue weighted by Gasteiger charge is 2.21. The number of pyridine rings is 1. The van der Waals surface area contributed by atoms with Crippen LogP contribution in [0, 0.1) is 0 Å². The Hall–Kier alpha value is -2.63. The minimum Gasteiger partial charge on any atom is -0.425 e. The lowest BCUT2D eigenvalue weighted by Gasteiger charge is -2.17. The highest BCUT2D eigenvalue weighted by Crippen LogP contribution is 2.31. The van der Waals surface area contributed by atoms with Crippen LogP contribution >= 0.6 is 0 Å². The monoisotopic (exact) mass is 353 g/mol. The van der Waals surface area contributed by atoms with Crippen molar-refractivity contribution in [3.63, 3.8) is 0 Å². The lowest BCUT2D eigenvalue weighted by Crippen LogP contribution is -2.27. The summed E-state index contributed by atoms with van der Waals surface area (Å²) >= 11 is 0. The first kappa shape index (κ1) is 16.8. The standard InChI is InChI=1S/C20H23N3O3/c24-19-13-12-15-7-4-5-10-17(15)23(19)25-14-6-11-18-21-22-20(26-18)16-8-2-1-3-9-16/h4-5,7,10,12-13,16H,1-3,6,8-9,11,14H2. The highest BCUT2D eigenvalue weighted by atomic mass is 16.7. The van der Waals surface area contributed by atoms with E-state index >= 15 is 0 Å². The molecule has 0 unspecified atom stereocenters. The molecule has 6 heteroatoms. The van der Waals surface area contributed by atoms with Crippen LogP contribution in [0.5, 0.6) is 0 Å². The van der Waals surface area contributed by atoms with Gasteiger partial charge in [0, 0.05) is 23.8 Å². The fourth-order valence-electron chi connectivity index (χ4n) is 3.56. The summed E-state index contributed by atoms with van der Waals surface area (Å²) in [5.74, 6) is 1.86. The Morgan fingerprint density at radius 1 is 1.08 bits per heavy atom. The van der Waals surface area contributed by atoms with E-state index in [2.05, 4.69) is 10.2 Å². The van der Waals surface area contributed by atoms with E-state index in [1.54, 1.807) is 0 Å². The second-order valence-corrected chi connectivity index (χ2v) is 6.83. The van der Waals surface area contributed by atoms with Crippen molar-refractivity contribution in [3.8, 4) is 0 Å². The zero-order chi connectivity index (χ0) is 17.8. The van der Waals surface area contributed by atoms with Gasteiger partial charge in [0.25, 0.3) is 5.56 Å². The van der Waals surface area contributed by atoms with Crippen LogP contribution in [0.1, 0.15) is 56.2 Å². The molecular formula is C20H23N3O3. The number of fused-ring (bicyclic) bond motifs is 1. The van der Waals surface area contributed by atoms with Crippen molar-refractivity contribution in [2.75, 3.05) is 6.61 Å². The molecule has 2 aromatic heterocycles. The van der Waals surface area contributed by atoms with E-state index in [-0.39, 0.29) is 5.56 Å². The summed E-state index contributed by atoms with van der Waals surface area (Å²) in [7, 11) is 0. The number of aromatic nitrogens is 3. The third kappa shape index (κ3) is 3.64. The van der Waals surface area contributed by atoms with Gasteiger partial charge in [-0.05, 0) is 31.4 Å². The van der Waals surface area contributed by atoms with E-state index in [1.807, 2.05) is 30.3 Å². The van der Waals surface area contributed by atoms with Crippen molar-refractivity contribution >= 4 is 10.9 Å². The van der Waals surface area contributed by atoms with Gasteiger partial charge in [-0.2, -0.15) is 0 Å². The third-order valence-electron chi connectivity index (χ3n) is 4.95. The lowest BCUT2D eigenvalue weighted by molar-refractivity contribution is 0.109. The van der Waals surface area contributed by atoms with Crippen molar-refractivity contribution in [2.24, 2.45) is 0 Å². The molecule has 1 saturated carbocycles. The molecule has 26 heavy (non-hydrogen) atoms. The van der Waals surface area contributed by atoms with Crippen LogP contribution in [-0.4, -0.2) is 21.5 Å². The quantitative estimate of drug-likeness (QED) is 0.635. The summed E-state index contributed by atoms with van der Waals surface area (Å²) in [5, 5.41) is 9.36. The Kier molecular flexibility index (Phi) is 5.00. The molecule has 1 aliphatic rings. The van der Waals surface area contributed by atoms with E-state index in [0.717, 1.165) is 29.6 Å². The van der Waals surface area contributed by atoms with Crippen LogP contribution < -0.4 is 10.4 Å². The fourth-order valence-corrected chi connectivity index (χ4v) is 3.56. The number of benzene rings is 1. The van der Waals surface area contributed by atoms with Gasteiger partial charge in [-0.1, -0.05) is 37.5 Å². The Morgan fingerprint density at radius 2 is 1.92 bits per heavy atom. The molecule has 4 rings (SSSR count). The van der Waals surface area contributed by atoms with E-state index < -0.39 is 0 Å². The highest BCUT2D eigenvalue weighted by molar-refractivity contribution is 5.78. The van der Waals surface area contributed by atoms with Gasteiger partial charge < -0.3 is 9.25 Å². The smallest absolute Gasteiger partial charge is 0.283 e. The molecule has 0 aliphatic heterocycles. The predicted octanol–water partition coefficient (Wildman–Crippen LogP) is 3.49. The van der Waals surface area contributed by atoms with Gasteiger partial charge in [0.05, 0.1) is 5.52 Å². The molecule has 0 spiro atoms. The average molecular weight is 353 g/mol. The zero-order valence-corrected chi connectivity index (χ0v) is 14.8. The molecule has 1 fully saturated rings. The summed E-state index contributed by atoms with van der Waals surface area (Å²) in [6.07, 6.45) is 7.46. The van der Waals surface area contributed by atoms with Crippen LogP contribution in [-0.2, 0) is 6.42 Å². The molecule has 0 saturated heterocycles. The van der Waals surface area contributed by atoms with Crippen LogP contribution in [0.4, 0.5) is 0 Å². The maximum atomic E-state index is 12.1. The van der Waals surface area contributed by atoms with Gasteiger partial charge in [-0.15, -0.1) is 14.9 Å². The molecule has 0 atom stereocenters. The first-order valence-electron chi connectivity index (χ1n) is 9.37. The molecule has 2 heterocycles. The topological polar surface area (TPSA) is 70.2 Å². The second kappa shape index (κ2) is 7.72. The van der Waals surface area contributed by atoms with Crippen LogP contribution in [0.3, 0.4) is 0 Å². The minimum absolute atomic E-state index is 0.166. The molecule has 0 radical (unpaired) electrons. The molecule has 1 aliphatic carbocycles. The zero-order valence-electron chi connectivity index (χ0n) is 14.8. The summed E-state index contributed by atoms with van der Waals surface area (Å²) in [6, 6.07) is 11.0. The Bertz CT molecular complexity index is 925. The van der Waals surface area contributed by atoms with Gasteiger partial charge in [0.2, 0.25) is 11.8 Å². The molecular weight excluding hydrogens is 330 g/mol. The van der Waals surface area contributed by atoms with Gasteiger partial charge in [0.15, 0.2) is 0 Å². The number of rotatable bonds is 6. The SMILES string of the molecule is O=c1ccc2ccccc2n1OCCCc1nnc(C2CCCCC2)o1. The van der Waals surface area contributed by atoms with Crippen molar-refractivity contribution in [2.45, 2.75) is 50.9 Å². The summed E-state index contributed by atoms with van der Waals surface area (Å²) in [4.78, 5) is 17.8. The second-order valence-electron chi connectivity index (χ2n) is 6.83. The minimum atomic E-state index is -0.166. The number of hydrogen-bond acceptors (Lipinski definition) is 5.